The highest BCUT2D eigenvalue weighted by Gasteiger charge is 2.20. The van der Waals surface area contributed by atoms with Crippen LogP contribution in [0.4, 0.5) is 0 Å². The Morgan fingerprint density at radius 3 is 2.62 bits per heavy atom. The lowest BCUT2D eigenvalue weighted by Gasteiger charge is -2.25. The lowest BCUT2D eigenvalue weighted by molar-refractivity contribution is -0.123. The Labute approximate surface area is 125 Å². The Morgan fingerprint density at radius 1 is 1.14 bits per heavy atom. The van der Waals surface area contributed by atoms with E-state index in [1.807, 2.05) is 19.1 Å². The molecule has 2 aromatic rings. The van der Waals surface area contributed by atoms with Crippen LogP contribution in [0.25, 0.3) is 10.8 Å². The average molecular weight is 282 g/mol. The first kappa shape index (κ1) is 14.1. The largest absolute Gasteiger partial charge is 0.353 e. The molecule has 0 spiro atoms. The van der Waals surface area contributed by atoms with Crippen LogP contribution in [0.1, 0.15) is 31.2 Å². The van der Waals surface area contributed by atoms with Gasteiger partial charge in [-0.15, -0.1) is 0 Å². The van der Waals surface area contributed by atoms with Gasteiger partial charge in [-0.25, -0.2) is 0 Å². The molecule has 3 heteroatoms. The maximum atomic E-state index is 12.4. The highest BCUT2D eigenvalue weighted by Crippen LogP contribution is 2.22. The number of benzene rings is 2. The van der Waals surface area contributed by atoms with E-state index in [2.05, 4.69) is 41.0 Å². The predicted molar refractivity (Wildman–Crippen MR) is 86.4 cm³/mol. The monoisotopic (exact) mass is 282 g/mol. The first-order valence-electron chi connectivity index (χ1n) is 7.74. The number of carbonyl (C=O) groups excluding carboxylic acids is 1. The fourth-order valence-electron chi connectivity index (χ4n) is 2.92. The molecule has 3 nitrogen and oxygen atoms in total. The average Bonchev–Trinajstić information content (AvgIpc) is 2.54. The van der Waals surface area contributed by atoms with Crippen molar-refractivity contribution in [2.75, 3.05) is 13.1 Å². The van der Waals surface area contributed by atoms with Crippen LogP contribution in [0.5, 0.6) is 0 Å². The summed E-state index contributed by atoms with van der Waals surface area (Å²) in [6.45, 7) is 3.98. The van der Waals surface area contributed by atoms with Crippen LogP contribution < -0.4 is 10.6 Å². The fraction of sp³-hybridized carbons (Fsp3) is 0.389. The van der Waals surface area contributed by atoms with E-state index >= 15 is 0 Å². The molecule has 1 amide bonds. The van der Waals surface area contributed by atoms with Crippen molar-refractivity contribution in [3.63, 3.8) is 0 Å². The van der Waals surface area contributed by atoms with Gasteiger partial charge in [0.1, 0.15) is 0 Å². The third kappa shape index (κ3) is 3.24. The molecule has 0 bridgehead atoms. The number of hydrogen-bond acceptors (Lipinski definition) is 2. The molecule has 1 aliphatic rings. The summed E-state index contributed by atoms with van der Waals surface area (Å²) >= 11 is 0. The van der Waals surface area contributed by atoms with Crippen molar-refractivity contribution in [2.24, 2.45) is 0 Å². The molecule has 1 heterocycles. The first-order valence-corrected chi connectivity index (χ1v) is 7.74. The summed E-state index contributed by atoms with van der Waals surface area (Å²) in [5, 5.41) is 8.91. The molecule has 0 aromatic heterocycles. The van der Waals surface area contributed by atoms with Gasteiger partial charge in [-0.2, -0.15) is 0 Å². The van der Waals surface area contributed by atoms with Gasteiger partial charge >= 0.3 is 0 Å². The van der Waals surface area contributed by atoms with E-state index in [4.69, 9.17) is 0 Å². The van der Waals surface area contributed by atoms with Crippen LogP contribution in [0, 0.1) is 0 Å². The standard InChI is InChI=1S/C18H22N2O/c1-13(18(21)20-17-8-10-19-11-9-17)15-7-6-14-4-2-3-5-16(14)12-15/h2-7,12-13,17,19H,8-11H2,1H3,(H,20,21). The highest BCUT2D eigenvalue weighted by molar-refractivity contribution is 5.87. The van der Waals surface area contributed by atoms with Gasteiger partial charge in [0.05, 0.1) is 5.92 Å². The second-order valence-corrected chi connectivity index (χ2v) is 5.86. The molecule has 0 radical (unpaired) electrons. The minimum Gasteiger partial charge on any atom is -0.353 e. The zero-order valence-electron chi connectivity index (χ0n) is 12.4. The summed E-state index contributed by atoms with van der Waals surface area (Å²) in [5.74, 6) is 0.0293. The second kappa shape index (κ2) is 6.27. The molecule has 1 atom stereocenters. The van der Waals surface area contributed by atoms with Crippen molar-refractivity contribution < 1.29 is 4.79 Å². The molecule has 1 aliphatic heterocycles. The molecule has 1 saturated heterocycles. The molecule has 1 fully saturated rings. The van der Waals surface area contributed by atoms with Gasteiger partial charge in [0.25, 0.3) is 0 Å². The van der Waals surface area contributed by atoms with Crippen LogP contribution >= 0.6 is 0 Å². The third-order valence-corrected chi connectivity index (χ3v) is 4.35. The SMILES string of the molecule is CC(C(=O)NC1CCNCC1)c1ccc2ccccc2c1. The Kier molecular flexibility index (Phi) is 4.20. The fourth-order valence-corrected chi connectivity index (χ4v) is 2.92. The van der Waals surface area contributed by atoms with Gasteiger partial charge in [-0.1, -0.05) is 42.5 Å². The summed E-state index contributed by atoms with van der Waals surface area (Å²) in [6, 6.07) is 14.9. The van der Waals surface area contributed by atoms with Crippen molar-refractivity contribution in [1.29, 1.82) is 0 Å². The maximum absolute atomic E-state index is 12.4. The van der Waals surface area contributed by atoms with E-state index in [1.165, 1.54) is 10.8 Å². The number of fused-ring (bicyclic) bond motifs is 1. The van der Waals surface area contributed by atoms with E-state index in [-0.39, 0.29) is 11.8 Å². The first-order chi connectivity index (χ1) is 10.2. The summed E-state index contributed by atoms with van der Waals surface area (Å²) < 4.78 is 0. The molecule has 0 saturated carbocycles. The molecular formula is C18H22N2O. The Hall–Kier alpha value is -1.87. The number of piperidine rings is 1. The highest BCUT2D eigenvalue weighted by atomic mass is 16.1. The third-order valence-electron chi connectivity index (χ3n) is 4.35. The van der Waals surface area contributed by atoms with Gasteiger partial charge in [0, 0.05) is 6.04 Å². The Morgan fingerprint density at radius 2 is 1.86 bits per heavy atom. The maximum Gasteiger partial charge on any atom is 0.227 e. The normalized spacial score (nSPS) is 17.6. The molecule has 1 unspecified atom stereocenters. The minimum absolute atomic E-state index is 0.107. The molecule has 0 aliphatic carbocycles. The van der Waals surface area contributed by atoms with Gasteiger partial charge in [-0.05, 0) is 49.2 Å². The zero-order chi connectivity index (χ0) is 14.7. The Bertz CT molecular complexity index is 632. The van der Waals surface area contributed by atoms with Crippen LogP contribution in [0.15, 0.2) is 42.5 Å². The number of amides is 1. The smallest absolute Gasteiger partial charge is 0.227 e. The van der Waals surface area contributed by atoms with Crippen molar-refractivity contribution in [3.8, 4) is 0 Å². The molecular weight excluding hydrogens is 260 g/mol. The van der Waals surface area contributed by atoms with Gasteiger partial charge in [0.15, 0.2) is 0 Å². The van der Waals surface area contributed by atoms with Crippen molar-refractivity contribution in [2.45, 2.75) is 31.7 Å². The van der Waals surface area contributed by atoms with Crippen molar-refractivity contribution >= 4 is 16.7 Å². The Balaban J connectivity index is 1.72. The van der Waals surface area contributed by atoms with E-state index in [0.717, 1.165) is 31.5 Å². The quantitative estimate of drug-likeness (QED) is 0.909. The predicted octanol–water partition coefficient (Wildman–Crippen LogP) is 2.81. The second-order valence-electron chi connectivity index (χ2n) is 5.86. The van der Waals surface area contributed by atoms with E-state index in [1.54, 1.807) is 0 Å². The number of rotatable bonds is 3. The van der Waals surface area contributed by atoms with Crippen molar-refractivity contribution in [3.05, 3.63) is 48.0 Å². The van der Waals surface area contributed by atoms with E-state index in [9.17, 15) is 4.79 Å². The van der Waals surface area contributed by atoms with Gasteiger partial charge in [0.2, 0.25) is 5.91 Å². The van der Waals surface area contributed by atoms with Gasteiger partial charge in [-0.3, -0.25) is 4.79 Å². The number of hydrogen-bond donors (Lipinski definition) is 2. The molecule has 3 rings (SSSR count). The van der Waals surface area contributed by atoms with Crippen LogP contribution in [0.3, 0.4) is 0 Å². The topological polar surface area (TPSA) is 41.1 Å². The van der Waals surface area contributed by atoms with Crippen LogP contribution in [0.2, 0.25) is 0 Å². The number of carbonyl (C=O) groups is 1. The molecule has 110 valence electrons. The summed E-state index contributed by atoms with van der Waals surface area (Å²) in [7, 11) is 0. The number of nitrogens with one attached hydrogen (secondary N) is 2. The van der Waals surface area contributed by atoms with E-state index in [0.29, 0.717) is 6.04 Å². The molecule has 2 aromatic carbocycles. The minimum atomic E-state index is -0.107. The van der Waals surface area contributed by atoms with E-state index < -0.39 is 0 Å². The van der Waals surface area contributed by atoms with Crippen LogP contribution in [-0.4, -0.2) is 25.0 Å². The summed E-state index contributed by atoms with van der Waals surface area (Å²) in [5.41, 5.74) is 1.08. The summed E-state index contributed by atoms with van der Waals surface area (Å²) in [4.78, 5) is 12.4. The summed E-state index contributed by atoms with van der Waals surface area (Å²) in [6.07, 6.45) is 2.05. The van der Waals surface area contributed by atoms with Gasteiger partial charge < -0.3 is 10.6 Å². The zero-order valence-corrected chi connectivity index (χ0v) is 12.4. The molecule has 21 heavy (non-hydrogen) atoms. The van der Waals surface area contributed by atoms with Crippen LogP contribution in [-0.2, 0) is 4.79 Å². The lowest BCUT2D eigenvalue weighted by Crippen LogP contribution is -2.44. The molecule has 2 N–H and O–H groups in total. The lowest BCUT2D eigenvalue weighted by atomic mass is 9.96. The van der Waals surface area contributed by atoms with Crippen molar-refractivity contribution in [1.82, 2.24) is 10.6 Å².